The van der Waals surface area contributed by atoms with Gasteiger partial charge in [0.1, 0.15) is 0 Å². The van der Waals surface area contributed by atoms with E-state index in [4.69, 9.17) is 0 Å². The second-order valence-electron chi connectivity index (χ2n) is 6.34. The van der Waals surface area contributed by atoms with Gasteiger partial charge in [-0.3, -0.25) is 10.1 Å². The van der Waals surface area contributed by atoms with Gasteiger partial charge in [-0.25, -0.2) is 8.42 Å². The molecule has 2 atom stereocenters. The van der Waals surface area contributed by atoms with Crippen molar-refractivity contribution in [2.45, 2.75) is 35.0 Å². The van der Waals surface area contributed by atoms with Crippen LogP contribution in [0.5, 0.6) is 0 Å². The summed E-state index contributed by atoms with van der Waals surface area (Å²) in [5.74, 6) is 0. The van der Waals surface area contributed by atoms with Crippen LogP contribution in [-0.2, 0) is 15.6 Å². The number of benzene rings is 2. The van der Waals surface area contributed by atoms with E-state index in [1.807, 2.05) is 37.3 Å². The number of nitro benzene ring substituents is 1. The van der Waals surface area contributed by atoms with Gasteiger partial charge in [-0.1, -0.05) is 59.3 Å². The second kappa shape index (κ2) is 7.09. The minimum absolute atomic E-state index is 0.0537. The molecular formula is C18H19BrN2O4S. The molecule has 0 spiro atoms. The van der Waals surface area contributed by atoms with Crippen molar-refractivity contribution in [1.82, 2.24) is 4.31 Å². The molecule has 1 heterocycles. The van der Waals surface area contributed by atoms with E-state index in [1.165, 1.54) is 22.5 Å². The van der Waals surface area contributed by atoms with E-state index in [1.54, 1.807) is 0 Å². The van der Waals surface area contributed by atoms with Gasteiger partial charge in [-0.15, -0.1) is 0 Å². The number of rotatable bonds is 5. The van der Waals surface area contributed by atoms with Gasteiger partial charge in [0, 0.05) is 23.5 Å². The van der Waals surface area contributed by atoms with Crippen molar-refractivity contribution in [2.75, 3.05) is 6.54 Å². The van der Waals surface area contributed by atoms with Gasteiger partial charge in [-0.2, -0.15) is 4.31 Å². The van der Waals surface area contributed by atoms with Crippen LogP contribution in [0.4, 0.5) is 5.69 Å². The lowest BCUT2D eigenvalue weighted by Gasteiger charge is -2.40. The molecule has 138 valence electrons. The standard InChI is InChI=1S/C18H19BrN2O4S/c1-14(19)18(15-7-3-2-4-8-15)11-6-12-20(18)26(24,25)17-10-5-9-16(13-17)21(22)23/h2-5,7-10,13-14H,6,11-12H2,1H3/t14-,18+/m0/s1. The summed E-state index contributed by atoms with van der Waals surface area (Å²) in [4.78, 5) is 10.3. The molecule has 0 bridgehead atoms. The van der Waals surface area contributed by atoms with E-state index in [0.29, 0.717) is 13.0 Å². The lowest BCUT2D eigenvalue weighted by molar-refractivity contribution is -0.385. The van der Waals surface area contributed by atoms with Crippen LogP contribution in [0, 0.1) is 10.1 Å². The van der Waals surface area contributed by atoms with Crippen LogP contribution < -0.4 is 0 Å². The normalized spacial score (nSPS) is 22.2. The first kappa shape index (κ1) is 19.0. The molecule has 0 aromatic heterocycles. The first-order valence-corrected chi connectivity index (χ1v) is 10.6. The minimum Gasteiger partial charge on any atom is -0.258 e. The van der Waals surface area contributed by atoms with Crippen molar-refractivity contribution in [3.8, 4) is 0 Å². The molecule has 0 aliphatic carbocycles. The SMILES string of the molecule is C[C@H](Br)[C@@]1(c2ccccc2)CCCN1S(=O)(=O)c1cccc([N+](=O)[O-])c1. The number of hydrogen-bond donors (Lipinski definition) is 0. The Morgan fingerprint density at radius 1 is 1.19 bits per heavy atom. The molecule has 1 aliphatic heterocycles. The van der Waals surface area contributed by atoms with Crippen molar-refractivity contribution in [3.63, 3.8) is 0 Å². The summed E-state index contributed by atoms with van der Waals surface area (Å²) in [5, 5.41) is 11.0. The molecule has 1 saturated heterocycles. The van der Waals surface area contributed by atoms with Gasteiger partial charge >= 0.3 is 0 Å². The van der Waals surface area contributed by atoms with Crippen LogP contribution in [0.3, 0.4) is 0 Å². The van der Waals surface area contributed by atoms with Crippen molar-refractivity contribution in [3.05, 3.63) is 70.3 Å². The molecule has 2 aromatic rings. The van der Waals surface area contributed by atoms with Crippen LogP contribution in [-0.4, -0.2) is 29.0 Å². The number of hydrogen-bond acceptors (Lipinski definition) is 4. The number of nitrogens with zero attached hydrogens (tertiary/aromatic N) is 2. The molecule has 0 N–H and O–H groups in total. The third-order valence-electron chi connectivity index (χ3n) is 4.91. The summed E-state index contributed by atoms with van der Waals surface area (Å²) in [7, 11) is -3.90. The smallest absolute Gasteiger partial charge is 0.258 e. The van der Waals surface area contributed by atoms with Crippen LogP contribution >= 0.6 is 15.9 Å². The van der Waals surface area contributed by atoms with E-state index in [-0.39, 0.29) is 15.4 Å². The maximum Gasteiger partial charge on any atom is 0.270 e. The summed E-state index contributed by atoms with van der Waals surface area (Å²) >= 11 is 3.62. The molecule has 0 amide bonds. The average molecular weight is 439 g/mol. The predicted octanol–water partition coefficient (Wildman–Crippen LogP) is 4.06. The highest BCUT2D eigenvalue weighted by Crippen LogP contribution is 2.47. The molecule has 0 radical (unpaired) electrons. The summed E-state index contributed by atoms with van der Waals surface area (Å²) in [6.07, 6.45) is 1.40. The second-order valence-corrected chi connectivity index (χ2v) is 9.58. The maximum atomic E-state index is 13.4. The topological polar surface area (TPSA) is 80.5 Å². The number of non-ortho nitro benzene ring substituents is 1. The van der Waals surface area contributed by atoms with Gasteiger partial charge in [0.2, 0.25) is 10.0 Å². The van der Waals surface area contributed by atoms with E-state index in [2.05, 4.69) is 15.9 Å². The zero-order valence-corrected chi connectivity index (χ0v) is 16.6. The Hall–Kier alpha value is -1.77. The fourth-order valence-electron chi connectivity index (χ4n) is 3.68. The number of alkyl halides is 1. The van der Waals surface area contributed by atoms with Gasteiger partial charge < -0.3 is 0 Å². The van der Waals surface area contributed by atoms with Gasteiger partial charge in [0.25, 0.3) is 5.69 Å². The largest absolute Gasteiger partial charge is 0.270 e. The lowest BCUT2D eigenvalue weighted by Crippen LogP contribution is -2.49. The van der Waals surface area contributed by atoms with E-state index in [0.717, 1.165) is 18.1 Å². The number of sulfonamides is 1. The molecular weight excluding hydrogens is 420 g/mol. The molecule has 6 nitrogen and oxygen atoms in total. The van der Waals surface area contributed by atoms with Crippen LogP contribution in [0.15, 0.2) is 59.5 Å². The Balaban J connectivity index is 2.14. The maximum absolute atomic E-state index is 13.4. The highest BCUT2D eigenvalue weighted by atomic mass is 79.9. The fraction of sp³-hybridized carbons (Fsp3) is 0.333. The van der Waals surface area contributed by atoms with Crippen LogP contribution in [0.25, 0.3) is 0 Å². The predicted molar refractivity (Wildman–Crippen MR) is 103 cm³/mol. The van der Waals surface area contributed by atoms with Crippen molar-refractivity contribution in [2.24, 2.45) is 0 Å². The molecule has 0 unspecified atom stereocenters. The van der Waals surface area contributed by atoms with Crippen molar-refractivity contribution < 1.29 is 13.3 Å². The monoisotopic (exact) mass is 438 g/mol. The summed E-state index contributed by atoms with van der Waals surface area (Å²) in [6.45, 7) is 2.31. The highest BCUT2D eigenvalue weighted by molar-refractivity contribution is 9.09. The van der Waals surface area contributed by atoms with Crippen LogP contribution in [0.2, 0.25) is 0 Å². The highest BCUT2D eigenvalue weighted by Gasteiger charge is 2.51. The summed E-state index contributed by atoms with van der Waals surface area (Å²) in [5.41, 5.74) is -0.0524. The average Bonchev–Trinajstić information content (AvgIpc) is 3.09. The quantitative estimate of drug-likeness (QED) is 0.400. The third-order valence-corrected chi connectivity index (χ3v) is 7.61. The van der Waals surface area contributed by atoms with Crippen molar-refractivity contribution in [1.29, 1.82) is 0 Å². The van der Waals surface area contributed by atoms with Crippen molar-refractivity contribution >= 4 is 31.6 Å². The lowest BCUT2D eigenvalue weighted by atomic mass is 9.86. The molecule has 1 aliphatic rings. The summed E-state index contributed by atoms with van der Waals surface area (Å²) in [6, 6.07) is 14.8. The number of nitro groups is 1. The van der Waals surface area contributed by atoms with Gasteiger partial charge in [0.15, 0.2) is 0 Å². The Bertz CT molecular complexity index is 918. The zero-order chi connectivity index (χ0) is 18.9. The molecule has 8 heteroatoms. The molecule has 3 rings (SSSR count). The summed E-state index contributed by atoms with van der Waals surface area (Å²) < 4.78 is 28.3. The number of halogens is 1. The van der Waals surface area contributed by atoms with E-state index < -0.39 is 20.5 Å². The van der Waals surface area contributed by atoms with E-state index in [9.17, 15) is 18.5 Å². The Kier molecular flexibility index (Phi) is 5.18. The Labute approximate surface area is 161 Å². The Morgan fingerprint density at radius 2 is 1.88 bits per heavy atom. The molecule has 2 aromatic carbocycles. The van der Waals surface area contributed by atoms with E-state index >= 15 is 0 Å². The zero-order valence-electron chi connectivity index (χ0n) is 14.2. The van der Waals surface area contributed by atoms with Gasteiger partial charge in [0.05, 0.1) is 15.4 Å². The molecule has 26 heavy (non-hydrogen) atoms. The third kappa shape index (κ3) is 3.06. The minimum atomic E-state index is -3.90. The molecule has 1 fully saturated rings. The first-order chi connectivity index (χ1) is 12.3. The fourth-order valence-corrected chi connectivity index (χ4v) is 6.48. The Morgan fingerprint density at radius 3 is 2.50 bits per heavy atom. The van der Waals surface area contributed by atoms with Gasteiger partial charge in [-0.05, 0) is 24.5 Å². The molecule has 0 saturated carbocycles. The first-order valence-electron chi connectivity index (χ1n) is 8.27. The van der Waals surface area contributed by atoms with Crippen LogP contribution in [0.1, 0.15) is 25.3 Å².